The van der Waals surface area contributed by atoms with Crippen molar-refractivity contribution < 1.29 is 47.5 Å². The zero-order valence-corrected chi connectivity index (χ0v) is 31.9. The number of aliphatic carboxylic acids is 1. The van der Waals surface area contributed by atoms with Crippen molar-refractivity contribution in [1.82, 2.24) is 20.3 Å². The Morgan fingerprint density at radius 2 is 1.13 bits per heavy atom. The van der Waals surface area contributed by atoms with Gasteiger partial charge in [0.2, 0.25) is 11.8 Å². The van der Waals surface area contributed by atoms with Crippen LogP contribution >= 0.6 is 0 Å². The van der Waals surface area contributed by atoms with Gasteiger partial charge < -0.3 is 28.4 Å². The van der Waals surface area contributed by atoms with E-state index in [1.54, 1.807) is 13.8 Å². The zero-order valence-electron chi connectivity index (χ0n) is 31.9. The lowest BCUT2D eigenvalue weighted by atomic mass is 9.84. The molecule has 14 heteroatoms. The van der Waals surface area contributed by atoms with Gasteiger partial charge in [-0.15, -0.1) is 0 Å². The summed E-state index contributed by atoms with van der Waals surface area (Å²) in [7, 11) is 0. The molecule has 0 unspecified atom stereocenters. The summed E-state index contributed by atoms with van der Waals surface area (Å²) in [6.07, 6.45) is 18.7. The fraction of sp³-hybridized carbons (Fsp3) is 0.789. The molecule has 1 N–H and O–H groups in total. The van der Waals surface area contributed by atoms with Gasteiger partial charge in [0.1, 0.15) is 5.60 Å². The number of ether oxygens (including phenoxy) is 3. The normalized spacial score (nSPS) is 16.6. The third-order valence-electron chi connectivity index (χ3n) is 9.53. The number of aromatic nitrogens is 4. The van der Waals surface area contributed by atoms with E-state index in [1.807, 2.05) is 20.8 Å². The van der Waals surface area contributed by atoms with Gasteiger partial charge >= 0.3 is 23.9 Å². The molecule has 2 aromatic heterocycles. The maximum absolute atomic E-state index is 12.3. The number of nitrogens with zero attached hydrogens (tertiary/aromatic N) is 4. The largest absolute Gasteiger partial charge is 0.481 e. The molecule has 0 aliphatic heterocycles. The topological polar surface area (TPSA) is 194 Å². The molecule has 2 heterocycles. The maximum Gasteiger partial charge on any atom is 0.379 e. The van der Waals surface area contributed by atoms with Gasteiger partial charge in [-0.05, 0) is 69.6 Å². The third kappa shape index (κ3) is 15.8. The number of rotatable bonds is 18. The van der Waals surface area contributed by atoms with E-state index in [-0.39, 0.29) is 61.4 Å². The first-order valence-corrected chi connectivity index (χ1v) is 19.3. The van der Waals surface area contributed by atoms with E-state index < -0.39 is 23.5 Å². The molecule has 2 atom stereocenters. The van der Waals surface area contributed by atoms with Gasteiger partial charge in [-0.1, -0.05) is 89.9 Å². The molecule has 14 nitrogen and oxygen atoms in total. The molecule has 0 bridgehead atoms. The van der Waals surface area contributed by atoms with Crippen LogP contribution in [-0.4, -0.2) is 68.1 Å². The molecular weight excluding hydrogens is 672 g/mol. The van der Waals surface area contributed by atoms with Crippen molar-refractivity contribution in [1.29, 1.82) is 0 Å². The molecule has 0 amide bonds. The van der Waals surface area contributed by atoms with Crippen molar-refractivity contribution >= 4 is 23.9 Å². The van der Waals surface area contributed by atoms with Crippen molar-refractivity contribution in [3.8, 4) is 0 Å². The zero-order chi connectivity index (χ0) is 37.9. The van der Waals surface area contributed by atoms with Crippen LogP contribution in [0.4, 0.5) is 0 Å². The average Bonchev–Trinajstić information content (AvgIpc) is 3.80. The number of hydrogen-bond donors (Lipinski definition) is 1. The smallest absolute Gasteiger partial charge is 0.379 e. The third-order valence-corrected chi connectivity index (χ3v) is 9.53. The minimum atomic E-state index is -0.909. The van der Waals surface area contributed by atoms with Gasteiger partial charge in [-0.25, -0.2) is 9.59 Å². The second-order valence-corrected chi connectivity index (χ2v) is 15.0. The summed E-state index contributed by atoms with van der Waals surface area (Å²) in [5.41, 5.74) is -0.547. The Labute approximate surface area is 307 Å². The van der Waals surface area contributed by atoms with E-state index in [0.717, 1.165) is 43.9 Å². The highest BCUT2D eigenvalue weighted by molar-refractivity contribution is 5.85. The number of carbonyl (C=O) groups is 4. The molecule has 2 fully saturated rings. The SMILES string of the molecule is CCOC(=O)c1noc([C@H](CCCC2CCCCC2)CC(=O)O)n1.CCOC(=O)c1noc([C@H](CCCC2CCCCC2)CC(=O)OC(C)(C)C)n1. The molecule has 2 saturated carbocycles. The lowest BCUT2D eigenvalue weighted by Gasteiger charge is -2.23. The summed E-state index contributed by atoms with van der Waals surface area (Å²) in [5, 5.41) is 16.4. The van der Waals surface area contributed by atoms with Gasteiger partial charge in [0, 0.05) is 11.8 Å². The molecule has 292 valence electrons. The lowest BCUT2D eigenvalue weighted by molar-refractivity contribution is -0.155. The van der Waals surface area contributed by atoms with Gasteiger partial charge in [-0.3, -0.25) is 9.59 Å². The van der Waals surface area contributed by atoms with Crippen LogP contribution in [0.2, 0.25) is 0 Å². The summed E-state index contributed by atoms with van der Waals surface area (Å²) in [5.74, 6) is -1.29. The predicted octanol–water partition coefficient (Wildman–Crippen LogP) is 8.37. The first-order chi connectivity index (χ1) is 24.9. The fourth-order valence-electron chi connectivity index (χ4n) is 7.04. The van der Waals surface area contributed by atoms with Crippen LogP contribution in [0.5, 0.6) is 0 Å². The Hall–Kier alpha value is -3.84. The van der Waals surface area contributed by atoms with Gasteiger partial charge in [0.05, 0.1) is 26.1 Å². The molecule has 0 aromatic carbocycles. The maximum atomic E-state index is 12.3. The van der Waals surface area contributed by atoms with Crippen molar-refractivity contribution in [2.75, 3.05) is 13.2 Å². The van der Waals surface area contributed by atoms with Crippen molar-refractivity contribution in [2.24, 2.45) is 11.8 Å². The molecule has 0 spiro atoms. The number of carbonyl (C=O) groups excluding carboxylic acids is 3. The van der Waals surface area contributed by atoms with Crippen LogP contribution < -0.4 is 0 Å². The van der Waals surface area contributed by atoms with E-state index in [9.17, 15) is 19.2 Å². The number of carboxylic acids is 1. The van der Waals surface area contributed by atoms with Gasteiger partial charge in [0.25, 0.3) is 11.6 Å². The summed E-state index contributed by atoms with van der Waals surface area (Å²) in [4.78, 5) is 55.1. The van der Waals surface area contributed by atoms with E-state index in [2.05, 4.69) is 20.3 Å². The van der Waals surface area contributed by atoms with E-state index in [0.29, 0.717) is 12.3 Å². The predicted molar refractivity (Wildman–Crippen MR) is 190 cm³/mol. The number of esters is 3. The summed E-state index contributed by atoms with van der Waals surface area (Å²) < 4.78 is 25.6. The molecule has 0 radical (unpaired) electrons. The van der Waals surface area contributed by atoms with Crippen LogP contribution in [0.3, 0.4) is 0 Å². The Bertz CT molecular complexity index is 1370. The molecule has 2 aliphatic rings. The highest BCUT2D eigenvalue weighted by Crippen LogP contribution is 2.33. The Morgan fingerprint density at radius 3 is 1.52 bits per heavy atom. The molecule has 2 aromatic rings. The van der Waals surface area contributed by atoms with Crippen LogP contribution in [-0.2, 0) is 23.8 Å². The summed E-state index contributed by atoms with van der Waals surface area (Å²) in [6, 6.07) is 0. The average molecular weight is 733 g/mol. The van der Waals surface area contributed by atoms with Crippen molar-refractivity contribution in [3.05, 3.63) is 23.4 Å². The second kappa shape index (κ2) is 22.3. The monoisotopic (exact) mass is 732 g/mol. The molecule has 4 rings (SSSR count). The summed E-state index contributed by atoms with van der Waals surface area (Å²) in [6.45, 7) is 9.40. The highest BCUT2D eigenvalue weighted by Gasteiger charge is 2.28. The Balaban J connectivity index is 0.000000284. The van der Waals surface area contributed by atoms with Crippen LogP contribution in [0.25, 0.3) is 0 Å². The van der Waals surface area contributed by atoms with Crippen molar-refractivity contribution in [3.63, 3.8) is 0 Å². The van der Waals surface area contributed by atoms with Gasteiger partial charge in [-0.2, -0.15) is 9.97 Å². The quantitative estimate of drug-likeness (QED) is 0.113. The molecule has 52 heavy (non-hydrogen) atoms. The molecule has 2 aliphatic carbocycles. The minimum absolute atomic E-state index is 0.0743. The standard InChI is InChI=1S/C21H34N2O5.C17H26N2O5/c1-5-26-20(25)18-22-19(28-23-18)16(14-17(24)27-21(2,3)4)13-9-12-15-10-7-6-8-11-15;1-2-23-17(22)15-18-16(24-19-15)13(11-14(20)21)10-6-9-12-7-4-3-5-8-12/h15-16H,5-14H2,1-4H3;12-13H,2-11H2,1H3,(H,20,21)/t16-;13-/m11/s1. The fourth-order valence-corrected chi connectivity index (χ4v) is 7.04. The minimum Gasteiger partial charge on any atom is -0.481 e. The number of carboxylic acid groups (broad SMARTS) is 1. The van der Waals surface area contributed by atoms with Crippen LogP contribution in [0, 0.1) is 11.8 Å². The van der Waals surface area contributed by atoms with Crippen LogP contribution in [0.1, 0.15) is 195 Å². The first kappa shape index (κ1) is 42.6. The van der Waals surface area contributed by atoms with E-state index in [4.69, 9.17) is 28.4 Å². The molecular formula is C38H60N4O10. The lowest BCUT2D eigenvalue weighted by Crippen LogP contribution is -2.25. The second-order valence-electron chi connectivity index (χ2n) is 15.0. The molecule has 0 saturated heterocycles. The summed E-state index contributed by atoms with van der Waals surface area (Å²) >= 11 is 0. The van der Waals surface area contributed by atoms with E-state index in [1.165, 1.54) is 64.2 Å². The van der Waals surface area contributed by atoms with E-state index >= 15 is 0 Å². The highest BCUT2D eigenvalue weighted by atomic mass is 16.6. The number of hydrogen-bond acceptors (Lipinski definition) is 13. The Morgan fingerprint density at radius 1 is 0.712 bits per heavy atom. The Kier molecular flexibility index (Phi) is 18.2. The van der Waals surface area contributed by atoms with Gasteiger partial charge in [0.15, 0.2) is 0 Å². The first-order valence-electron chi connectivity index (χ1n) is 19.3. The van der Waals surface area contributed by atoms with Crippen LogP contribution in [0.15, 0.2) is 9.05 Å². The van der Waals surface area contributed by atoms with Crippen molar-refractivity contribution in [2.45, 2.75) is 168 Å².